The van der Waals surface area contributed by atoms with Crippen molar-refractivity contribution in [1.29, 1.82) is 0 Å². The first-order chi connectivity index (χ1) is 13.6. The monoisotopic (exact) mass is 656 g/mol. The molecule has 2 aliphatic rings. The van der Waals surface area contributed by atoms with Gasteiger partial charge in [-0.05, 0) is 41.9 Å². The first-order valence-corrected chi connectivity index (χ1v) is 16.1. The molecule has 2 saturated heterocycles. The molecule has 2 aromatic rings. The van der Waals surface area contributed by atoms with Crippen molar-refractivity contribution in [2.75, 3.05) is 6.54 Å². The van der Waals surface area contributed by atoms with Gasteiger partial charge in [-0.3, -0.25) is 4.79 Å². The fourth-order valence-electron chi connectivity index (χ4n) is 4.36. The van der Waals surface area contributed by atoms with Gasteiger partial charge in [0.2, 0.25) is 0 Å². The third kappa shape index (κ3) is 4.27. The van der Waals surface area contributed by atoms with Crippen molar-refractivity contribution in [3.63, 3.8) is 0 Å². The zero-order valence-corrected chi connectivity index (χ0v) is 21.6. The molecule has 0 unspecified atom stereocenters. The number of fused-ring (bicyclic) bond motifs is 1. The lowest BCUT2D eigenvalue weighted by Crippen LogP contribution is -2.55. The van der Waals surface area contributed by atoms with Crippen LogP contribution in [0, 0.1) is 5.92 Å². The van der Waals surface area contributed by atoms with Gasteiger partial charge in [0.15, 0.2) is 0 Å². The number of piperidine rings is 2. The van der Waals surface area contributed by atoms with Gasteiger partial charge >= 0.3 is 0 Å². The summed E-state index contributed by atoms with van der Waals surface area (Å²) in [6.45, 7) is 0.791. The SMILES string of the molecule is O=C1C[C@@H](c2ccccc2Cl)N(SI)[C@H]2C[C@@H](c3ccccc3)N(SI)C[C@@H]12. The smallest absolute Gasteiger partial charge is 0.140 e. The normalized spacial score (nSPS) is 28.9. The molecular formula is C20H19ClI2N2OS2. The molecule has 2 heterocycles. The molecule has 3 nitrogen and oxygen atoms in total. The molecule has 0 amide bonds. The average molecular weight is 657 g/mol. The van der Waals surface area contributed by atoms with Gasteiger partial charge in [-0.2, -0.15) is 0 Å². The molecule has 28 heavy (non-hydrogen) atoms. The van der Waals surface area contributed by atoms with Crippen LogP contribution in [0.1, 0.15) is 36.1 Å². The van der Waals surface area contributed by atoms with E-state index in [9.17, 15) is 4.79 Å². The second kappa shape index (κ2) is 9.74. The number of hydrogen-bond acceptors (Lipinski definition) is 5. The molecule has 4 rings (SSSR count). The van der Waals surface area contributed by atoms with Crippen molar-refractivity contribution in [3.8, 4) is 0 Å². The van der Waals surface area contributed by atoms with Crippen LogP contribution in [0.15, 0.2) is 54.6 Å². The quantitative estimate of drug-likeness (QED) is 0.259. The summed E-state index contributed by atoms with van der Waals surface area (Å²) in [6.07, 6.45) is 1.46. The molecule has 0 radical (unpaired) electrons. The lowest BCUT2D eigenvalue weighted by Gasteiger charge is -2.50. The van der Waals surface area contributed by atoms with E-state index in [1.54, 1.807) is 18.2 Å². The summed E-state index contributed by atoms with van der Waals surface area (Å²) in [7, 11) is 3.43. The number of rotatable bonds is 4. The zero-order chi connectivity index (χ0) is 19.7. The van der Waals surface area contributed by atoms with E-state index >= 15 is 0 Å². The van der Waals surface area contributed by atoms with E-state index in [4.69, 9.17) is 11.6 Å². The number of hydrogen-bond donors (Lipinski definition) is 0. The average Bonchev–Trinajstić information content (AvgIpc) is 2.74. The van der Waals surface area contributed by atoms with Gasteiger partial charge in [-0.15, -0.1) is 0 Å². The second-order valence-corrected chi connectivity index (χ2v) is 11.1. The van der Waals surface area contributed by atoms with E-state index in [0.29, 0.717) is 18.2 Å². The second-order valence-electron chi connectivity index (χ2n) is 7.14. The topological polar surface area (TPSA) is 23.6 Å². The van der Waals surface area contributed by atoms with Crippen LogP contribution in [-0.2, 0) is 4.79 Å². The van der Waals surface area contributed by atoms with E-state index in [-0.39, 0.29) is 18.0 Å². The number of carbonyl (C=O) groups excluding carboxylic acids is 1. The Morgan fingerprint density at radius 3 is 2.36 bits per heavy atom. The van der Waals surface area contributed by atoms with Gasteiger partial charge in [0.05, 0.1) is 6.04 Å². The molecule has 4 atom stereocenters. The predicted molar refractivity (Wildman–Crippen MR) is 137 cm³/mol. The van der Waals surface area contributed by atoms with Crippen LogP contribution in [0.4, 0.5) is 0 Å². The Balaban J connectivity index is 1.68. The van der Waals surface area contributed by atoms with Crippen LogP contribution in [0.2, 0.25) is 5.02 Å². The summed E-state index contributed by atoms with van der Waals surface area (Å²) < 4.78 is 4.81. The Hall–Kier alpha value is 0.480. The maximum atomic E-state index is 13.2. The van der Waals surface area contributed by atoms with Crippen LogP contribution in [0.25, 0.3) is 0 Å². The van der Waals surface area contributed by atoms with Crippen LogP contribution in [-0.4, -0.2) is 27.0 Å². The third-order valence-electron chi connectivity index (χ3n) is 5.71. The molecule has 2 fully saturated rings. The molecule has 0 saturated carbocycles. The Morgan fingerprint density at radius 1 is 0.964 bits per heavy atom. The Kier molecular flexibility index (Phi) is 7.55. The molecule has 148 valence electrons. The van der Waals surface area contributed by atoms with E-state index in [0.717, 1.165) is 23.6 Å². The van der Waals surface area contributed by atoms with Crippen molar-refractivity contribution in [3.05, 3.63) is 70.7 Å². The molecular weight excluding hydrogens is 638 g/mol. The van der Waals surface area contributed by atoms with E-state index in [1.165, 1.54) is 5.56 Å². The summed E-state index contributed by atoms with van der Waals surface area (Å²) in [5.74, 6) is 0.404. The van der Waals surface area contributed by atoms with Gasteiger partial charge in [-0.25, -0.2) is 8.61 Å². The van der Waals surface area contributed by atoms with Crippen molar-refractivity contribution in [2.24, 2.45) is 5.92 Å². The lowest BCUT2D eigenvalue weighted by molar-refractivity contribution is -0.131. The lowest BCUT2D eigenvalue weighted by atomic mass is 9.77. The molecule has 0 aromatic heterocycles. The number of nitrogens with zero attached hydrogens (tertiary/aromatic N) is 2. The molecule has 0 aliphatic carbocycles. The van der Waals surface area contributed by atoms with Gasteiger partial charge in [-0.1, -0.05) is 60.1 Å². The largest absolute Gasteiger partial charge is 0.299 e. The maximum Gasteiger partial charge on any atom is 0.140 e. The van der Waals surface area contributed by atoms with Crippen molar-refractivity contribution in [1.82, 2.24) is 8.61 Å². The van der Waals surface area contributed by atoms with Crippen molar-refractivity contribution < 1.29 is 4.79 Å². The van der Waals surface area contributed by atoms with E-state index < -0.39 is 0 Å². The minimum atomic E-state index is 0.0274. The highest BCUT2D eigenvalue weighted by Crippen LogP contribution is 2.51. The molecule has 0 N–H and O–H groups in total. The van der Waals surface area contributed by atoms with Crippen LogP contribution in [0.3, 0.4) is 0 Å². The predicted octanol–water partition coefficient (Wildman–Crippen LogP) is 7.08. The zero-order valence-electron chi connectivity index (χ0n) is 14.9. The Morgan fingerprint density at radius 2 is 1.68 bits per heavy atom. The summed E-state index contributed by atoms with van der Waals surface area (Å²) in [5.41, 5.74) is 2.37. The van der Waals surface area contributed by atoms with Gasteiger partial charge in [0.1, 0.15) is 5.78 Å². The maximum absolute atomic E-state index is 13.2. The summed E-state index contributed by atoms with van der Waals surface area (Å²) >= 11 is 11.2. The molecule has 0 bridgehead atoms. The van der Waals surface area contributed by atoms with Crippen LogP contribution in [0.5, 0.6) is 0 Å². The van der Waals surface area contributed by atoms with E-state index in [2.05, 4.69) is 87.4 Å². The van der Waals surface area contributed by atoms with Crippen molar-refractivity contribution >= 4 is 78.0 Å². The fourth-order valence-corrected chi connectivity index (χ4v) is 8.77. The number of Topliss-reactive ketones (excluding diaryl/α,β-unsaturated/α-hetero) is 1. The first-order valence-electron chi connectivity index (χ1n) is 9.08. The summed E-state index contributed by atoms with van der Waals surface area (Å²) in [6, 6.07) is 19.1. The minimum Gasteiger partial charge on any atom is -0.299 e. The highest BCUT2D eigenvalue weighted by Gasteiger charge is 2.49. The Bertz CT molecular complexity index is 844. The summed E-state index contributed by atoms with van der Waals surface area (Å²) in [5, 5.41) is 0.745. The first kappa shape index (κ1) is 21.7. The number of halogens is 3. The minimum absolute atomic E-state index is 0.0274. The fraction of sp³-hybridized carbons (Fsp3) is 0.350. The standard InChI is InChI=1S/C20H19ClI2N2OS2/c21-16-9-5-4-8-14(16)19-11-20(26)15-12-24(27-22)17(10-18(15)25(19)28-23)13-6-2-1-3-7-13/h1-9,15,17-19H,10-12H2/t15-,17+,18+,19+/m1/s1. The molecule has 2 aromatic carbocycles. The number of benzene rings is 2. The van der Waals surface area contributed by atoms with Gasteiger partial charge in [0, 0.05) is 78.4 Å². The van der Waals surface area contributed by atoms with Crippen molar-refractivity contribution in [2.45, 2.75) is 31.0 Å². The molecule has 0 spiro atoms. The Labute approximate surface area is 203 Å². The highest BCUT2D eigenvalue weighted by atomic mass is 127. The van der Waals surface area contributed by atoms with Crippen LogP contribution >= 0.6 is 72.3 Å². The van der Waals surface area contributed by atoms with Gasteiger partial charge < -0.3 is 0 Å². The third-order valence-corrected chi connectivity index (χ3v) is 10.2. The highest BCUT2D eigenvalue weighted by molar-refractivity contribution is 14.2. The van der Waals surface area contributed by atoms with Crippen LogP contribution < -0.4 is 0 Å². The number of carbonyl (C=O) groups is 1. The van der Waals surface area contributed by atoms with E-state index in [1.807, 2.05) is 18.2 Å². The molecule has 8 heteroatoms. The summed E-state index contributed by atoms with van der Waals surface area (Å²) in [4.78, 5) is 13.2. The number of ketones is 1. The van der Waals surface area contributed by atoms with Gasteiger partial charge in [0.25, 0.3) is 0 Å². The molecule has 2 aliphatic heterocycles.